The Kier molecular flexibility index (Phi) is 4.66. The van der Waals surface area contributed by atoms with Gasteiger partial charge in [-0.05, 0) is 18.3 Å². The highest BCUT2D eigenvalue weighted by molar-refractivity contribution is 9.09. The maximum absolute atomic E-state index is 12.1. The van der Waals surface area contributed by atoms with E-state index in [1.54, 1.807) is 16.9 Å². The molecular weight excluding hydrogens is 306 g/mol. The first-order valence-electron chi connectivity index (χ1n) is 6.87. The highest BCUT2D eigenvalue weighted by Gasteiger charge is 2.32. The molecule has 106 valence electrons. The summed E-state index contributed by atoms with van der Waals surface area (Å²) < 4.78 is 1.62. The van der Waals surface area contributed by atoms with Gasteiger partial charge in [0.15, 0.2) is 0 Å². The second-order valence-electron chi connectivity index (χ2n) is 5.80. The van der Waals surface area contributed by atoms with Crippen LogP contribution in [0.3, 0.4) is 0 Å². The Labute approximate surface area is 122 Å². The lowest BCUT2D eigenvalue weighted by atomic mass is 9.75. The first-order valence-corrected chi connectivity index (χ1v) is 7.99. The molecule has 0 N–H and O–H groups in total. The summed E-state index contributed by atoms with van der Waals surface area (Å²) >= 11 is 3.64. The van der Waals surface area contributed by atoms with Gasteiger partial charge in [-0.15, -0.1) is 0 Å². The van der Waals surface area contributed by atoms with Gasteiger partial charge < -0.3 is 4.90 Å². The molecule has 5 heteroatoms. The second kappa shape index (κ2) is 6.07. The number of anilines is 1. The summed E-state index contributed by atoms with van der Waals surface area (Å²) in [7, 11) is 3.84. The summed E-state index contributed by atoms with van der Waals surface area (Å²) in [6.07, 6.45) is 7.97. The van der Waals surface area contributed by atoms with Crippen molar-refractivity contribution < 1.29 is 0 Å². The van der Waals surface area contributed by atoms with Crippen LogP contribution in [-0.2, 0) is 6.54 Å². The van der Waals surface area contributed by atoms with E-state index in [4.69, 9.17) is 0 Å². The fraction of sp³-hybridized carbons (Fsp3) is 0.714. The topological polar surface area (TPSA) is 38.1 Å². The van der Waals surface area contributed by atoms with Gasteiger partial charge in [0.05, 0.1) is 18.4 Å². The minimum Gasteiger partial charge on any atom is -0.376 e. The van der Waals surface area contributed by atoms with E-state index in [1.807, 2.05) is 19.0 Å². The summed E-state index contributed by atoms with van der Waals surface area (Å²) in [6.45, 7) is 0.727. The fourth-order valence-electron chi connectivity index (χ4n) is 2.74. The summed E-state index contributed by atoms with van der Waals surface area (Å²) in [5, 5.41) is 5.28. The van der Waals surface area contributed by atoms with Crippen molar-refractivity contribution in [3.63, 3.8) is 0 Å². The van der Waals surface area contributed by atoms with E-state index < -0.39 is 0 Å². The molecule has 0 aromatic carbocycles. The molecule has 0 saturated heterocycles. The molecule has 2 rings (SSSR count). The minimum absolute atomic E-state index is 0.00269. The molecule has 1 aliphatic rings. The maximum Gasteiger partial charge on any atom is 0.268 e. The molecule has 4 nitrogen and oxygen atoms in total. The van der Waals surface area contributed by atoms with Crippen LogP contribution in [0.25, 0.3) is 0 Å². The van der Waals surface area contributed by atoms with Crippen LogP contribution in [0.5, 0.6) is 0 Å². The van der Waals surface area contributed by atoms with Crippen LogP contribution in [-0.4, -0.2) is 29.2 Å². The number of halogens is 1. The van der Waals surface area contributed by atoms with Crippen molar-refractivity contribution in [2.75, 3.05) is 24.3 Å². The third kappa shape index (κ3) is 3.38. The summed E-state index contributed by atoms with van der Waals surface area (Å²) in [5.74, 6) is 0. The Bertz CT molecular complexity index is 478. The van der Waals surface area contributed by atoms with Gasteiger partial charge in [0, 0.05) is 25.5 Å². The van der Waals surface area contributed by atoms with E-state index in [1.165, 1.54) is 32.1 Å². The molecule has 1 saturated carbocycles. The SMILES string of the molecule is CN(C)c1cnn(CC2(CBr)CCCCC2)c(=O)c1. The van der Waals surface area contributed by atoms with Gasteiger partial charge in [-0.3, -0.25) is 4.79 Å². The normalized spacial score (nSPS) is 18.3. The zero-order valence-corrected chi connectivity index (χ0v) is 13.3. The van der Waals surface area contributed by atoms with Gasteiger partial charge in [-0.2, -0.15) is 5.10 Å². The van der Waals surface area contributed by atoms with E-state index in [0.717, 1.165) is 17.6 Å². The highest BCUT2D eigenvalue weighted by atomic mass is 79.9. The summed E-state index contributed by atoms with van der Waals surface area (Å²) in [5.41, 5.74) is 1.06. The van der Waals surface area contributed by atoms with Crippen molar-refractivity contribution >= 4 is 21.6 Å². The first-order chi connectivity index (χ1) is 9.06. The van der Waals surface area contributed by atoms with E-state index in [2.05, 4.69) is 21.0 Å². The van der Waals surface area contributed by atoms with Gasteiger partial charge in [-0.25, -0.2) is 4.68 Å². The standard InChI is InChI=1S/C14H22BrN3O/c1-17(2)12-8-13(19)18(16-9-12)11-14(10-15)6-4-3-5-7-14/h8-9H,3-7,10-11H2,1-2H3. The van der Waals surface area contributed by atoms with Crippen molar-refractivity contribution in [2.24, 2.45) is 5.41 Å². The zero-order valence-electron chi connectivity index (χ0n) is 11.7. The van der Waals surface area contributed by atoms with Gasteiger partial charge >= 0.3 is 0 Å². The van der Waals surface area contributed by atoms with Gasteiger partial charge in [0.1, 0.15) is 0 Å². The van der Waals surface area contributed by atoms with Crippen molar-refractivity contribution in [1.29, 1.82) is 0 Å². The fourth-order valence-corrected chi connectivity index (χ4v) is 3.48. The molecule has 1 fully saturated rings. The Morgan fingerprint density at radius 1 is 1.37 bits per heavy atom. The monoisotopic (exact) mass is 327 g/mol. The Morgan fingerprint density at radius 2 is 2.05 bits per heavy atom. The predicted molar refractivity (Wildman–Crippen MR) is 82.1 cm³/mol. The molecule has 1 aromatic heterocycles. The molecule has 1 aromatic rings. The van der Waals surface area contributed by atoms with Crippen LogP contribution in [0.1, 0.15) is 32.1 Å². The zero-order chi connectivity index (χ0) is 13.9. The first kappa shape index (κ1) is 14.6. The predicted octanol–water partition coefficient (Wildman–Crippen LogP) is 2.65. The molecule has 0 bridgehead atoms. The molecule has 0 amide bonds. The molecule has 0 aliphatic heterocycles. The lowest BCUT2D eigenvalue weighted by Crippen LogP contribution is -2.36. The van der Waals surface area contributed by atoms with Gasteiger partial charge in [0.2, 0.25) is 0 Å². The lowest BCUT2D eigenvalue weighted by molar-refractivity contribution is 0.180. The average molecular weight is 328 g/mol. The minimum atomic E-state index is -0.00269. The molecule has 1 aliphatic carbocycles. The third-order valence-corrected chi connectivity index (χ3v) is 5.24. The lowest BCUT2D eigenvalue weighted by Gasteiger charge is -2.35. The van der Waals surface area contributed by atoms with Crippen LogP contribution >= 0.6 is 15.9 Å². The second-order valence-corrected chi connectivity index (χ2v) is 6.36. The largest absolute Gasteiger partial charge is 0.376 e. The van der Waals surface area contributed by atoms with Crippen LogP contribution < -0.4 is 10.5 Å². The van der Waals surface area contributed by atoms with E-state index in [9.17, 15) is 4.79 Å². The van der Waals surface area contributed by atoms with E-state index >= 15 is 0 Å². The average Bonchev–Trinajstić information content (AvgIpc) is 2.42. The summed E-state index contributed by atoms with van der Waals surface area (Å²) in [4.78, 5) is 14.0. The van der Waals surface area contributed by atoms with Crippen LogP contribution in [0.4, 0.5) is 5.69 Å². The molecule has 0 spiro atoms. The number of hydrogen-bond donors (Lipinski definition) is 0. The molecule has 0 unspecified atom stereocenters. The molecule has 19 heavy (non-hydrogen) atoms. The van der Waals surface area contributed by atoms with E-state index in [0.29, 0.717) is 0 Å². The molecule has 0 atom stereocenters. The van der Waals surface area contributed by atoms with Crippen LogP contribution in [0.15, 0.2) is 17.1 Å². The molecular formula is C14H22BrN3O. The number of nitrogens with zero attached hydrogens (tertiary/aromatic N) is 3. The molecule has 0 radical (unpaired) electrons. The Morgan fingerprint density at radius 3 is 2.58 bits per heavy atom. The van der Waals surface area contributed by atoms with Crippen LogP contribution in [0.2, 0.25) is 0 Å². The smallest absolute Gasteiger partial charge is 0.268 e. The number of hydrogen-bond acceptors (Lipinski definition) is 3. The van der Waals surface area contributed by atoms with Gasteiger partial charge in [0.25, 0.3) is 5.56 Å². The van der Waals surface area contributed by atoms with Crippen molar-refractivity contribution in [3.8, 4) is 0 Å². The summed E-state index contributed by atoms with van der Waals surface area (Å²) in [6, 6.07) is 1.66. The van der Waals surface area contributed by atoms with Crippen molar-refractivity contribution in [2.45, 2.75) is 38.6 Å². The number of alkyl halides is 1. The molecule has 1 heterocycles. The number of aromatic nitrogens is 2. The highest BCUT2D eigenvalue weighted by Crippen LogP contribution is 2.38. The quantitative estimate of drug-likeness (QED) is 0.798. The van der Waals surface area contributed by atoms with Crippen LogP contribution in [0, 0.1) is 5.41 Å². The van der Waals surface area contributed by atoms with E-state index in [-0.39, 0.29) is 11.0 Å². The third-order valence-electron chi connectivity index (χ3n) is 4.05. The maximum atomic E-state index is 12.1. The van der Waals surface area contributed by atoms with Crippen molar-refractivity contribution in [1.82, 2.24) is 9.78 Å². The Balaban J connectivity index is 2.20. The van der Waals surface area contributed by atoms with Gasteiger partial charge in [-0.1, -0.05) is 35.2 Å². The Hall–Kier alpha value is -0.840. The number of rotatable bonds is 4. The van der Waals surface area contributed by atoms with Crippen molar-refractivity contribution in [3.05, 3.63) is 22.6 Å².